The molecule has 100 valence electrons. The van der Waals surface area contributed by atoms with E-state index in [1.165, 1.54) is 6.20 Å². The van der Waals surface area contributed by atoms with Gasteiger partial charge in [-0.25, -0.2) is 9.78 Å². The minimum Gasteiger partial charge on any atom is -0.478 e. The van der Waals surface area contributed by atoms with Crippen LogP contribution in [0.5, 0.6) is 0 Å². The summed E-state index contributed by atoms with van der Waals surface area (Å²) in [6.45, 7) is 10.6. The van der Waals surface area contributed by atoms with Crippen molar-refractivity contribution in [2.45, 2.75) is 40.7 Å². The number of aryl methyl sites for hydroxylation is 1. The fourth-order valence-electron chi connectivity index (χ4n) is 1.82. The molecule has 1 rings (SSSR count). The van der Waals surface area contributed by atoms with Gasteiger partial charge in [-0.15, -0.1) is 0 Å². The minimum atomic E-state index is -0.941. The minimum absolute atomic E-state index is 0.133. The molecular weight excluding hydrogens is 228 g/mol. The zero-order valence-corrected chi connectivity index (χ0v) is 12.0. The highest BCUT2D eigenvalue weighted by atomic mass is 16.4. The number of carboxylic acids is 1. The van der Waals surface area contributed by atoms with Gasteiger partial charge < -0.3 is 10.0 Å². The normalized spacial score (nSPS) is 13.2. The Morgan fingerprint density at radius 1 is 1.44 bits per heavy atom. The van der Waals surface area contributed by atoms with Crippen LogP contribution in [0.4, 0.5) is 5.82 Å². The van der Waals surface area contributed by atoms with Gasteiger partial charge in [-0.05, 0) is 30.9 Å². The first-order valence-electron chi connectivity index (χ1n) is 6.07. The number of nitrogens with zero attached hydrogens (tertiary/aromatic N) is 2. The average molecular weight is 250 g/mol. The Balaban J connectivity index is 3.08. The van der Waals surface area contributed by atoms with E-state index in [-0.39, 0.29) is 11.0 Å². The molecule has 0 aliphatic rings. The van der Waals surface area contributed by atoms with Gasteiger partial charge in [0.15, 0.2) is 0 Å². The molecule has 0 aliphatic carbocycles. The third-order valence-corrected chi connectivity index (χ3v) is 3.47. The van der Waals surface area contributed by atoms with Crippen molar-refractivity contribution in [2.75, 3.05) is 11.9 Å². The second-order valence-electron chi connectivity index (χ2n) is 5.82. The molecule has 1 heterocycles. The zero-order chi connectivity index (χ0) is 14.1. The molecule has 1 aromatic rings. The maximum absolute atomic E-state index is 10.9. The third kappa shape index (κ3) is 3.00. The summed E-state index contributed by atoms with van der Waals surface area (Å²) < 4.78 is 0. The summed E-state index contributed by atoms with van der Waals surface area (Å²) in [6, 6.07) is 1.97. The van der Waals surface area contributed by atoms with Gasteiger partial charge in [0.2, 0.25) is 0 Å². The predicted octanol–water partition coefficient (Wildman–Crippen LogP) is 2.96. The molecule has 0 spiro atoms. The Bertz CT molecular complexity index is 450. The first-order chi connectivity index (χ1) is 8.14. The topological polar surface area (TPSA) is 53.4 Å². The number of hydrogen-bond acceptors (Lipinski definition) is 3. The molecule has 4 heteroatoms. The molecule has 4 nitrogen and oxygen atoms in total. The number of rotatable bonds is 3. The molecule has 1 N–H and O–H groups in total. The number of aromatic carboxylic acids is 1. The highest BCUT2D eigenvalue weighted by Gasteiger charge is 2.25. The summed E-state index contributed by atoms with van der Waals surface area (Å²) in [4.78, 5) is 17.3. The molecule has 0 fully saturated rings. The number of hydrogen-bond donors (Lipinski definition) is 1. The molecular formula is C14H22N2O2. The Morgan fingerprint density at radius 3 is 2.39 bits per heavy atom. The van der Waals surface area contributed by atoms with E-state index in [2.05, 4.69) is 37.6 Å². The standard InChI is InChI=1S/C14H22N2O2/c1-9-7-11(13(17)18)8-15-12(9)16(6)10(2)14(3,4)5/h7-8,10H,1-6H3,(H,17,18). The van der Waals surface area contributed by atoms with Crippen LogP contribution in [0.25, 0.3) is 0 Å². The molecule has 0 bridgehead atoms. The highest BCUT2D eigenvalue weighted by Crippen LogP contribution is 2.28. The van der Waals surface area contributed by atoms with Crippen LogP contribution in [-0.4, -0.2) is 29.1 Å². The number of anilines is 1. The number of aromatic nitrogens is 1. The Labute approximate surface area is 109 Å². The Kier molecular flexibility index (Phi) is 3.99. The molecule has 0 aromatic carbocycles. The van der Waals surface area contributed by atoms with Crippen molar-refractivity contribution in [3.63, 3.8) is 0 Å². The van der Waals surface area contributed by atoms with Crippen LogP contribution in [-0.2, 0) is 0 Å². The van der Waals surface area contributed by atoms with Crippen molar-refractivity contribution in [3.05, 3.63) is 23.4 Å². The Hall–Kier alpha value is -1.58. The van der Waals surface area contributed by atoms with Gasteiger partial charge in [-0.2, -0.15) is 0 Å². The fourth-order valence-corrected chi connectivity index (χ4v) is 1.82. The van der Waals surface area contributed by atoms with E-state index in [0.717, 1.165) is 11.4 Å². The van der Waals surface area contributed by atoms with Crippen molar-refractivity contribution >= 4 is 11.8 Å². The first-order valence-corrected chi connectivity index (χ1v) is 6.07. The average Bonchev–Trinajstić information content (AvgIpc) is 2.25. The molecule has 0 saturated heterocycles. The van der Waals surface area contributed by atoms with Gasteiger partial charge in [0, 0.05) is 19.3 Å². The van der Waals surface area contributed by atoms with E-state index in [0.29, 0.717) is 6.04 Å². The number of carbonyl (C=O) groups is 1. The van der Waals surface area contributed by atoms with E-state index < -0.39 is 5.97 Å². The van der Waals surface area contributed by atoms with Crippen LogP contribution in [0.2, 0.25) is 0 Å². The molecule has 1 atom stereocenters. The lowest BCUT2D eigenvalue weighted by molar-refractivity contribution is 0.0696. The lowest BCUT2D eigenvalue weighted by Crippen LogP contribution is -2.40. The van der Waals surface area contributed by atoms with Crippen LogP contribution in [0, 0.1) is 12.3 Å². The third-order valence-electron chi connectivity index (χ3n) is 3.47. The quantitative estimate of drug-likeness (QED) is 0.896. The van der Waals surface area contributed by atoms with Gasteiger partial charge in [0.05, 0.1) is 5.56 Å². The Morgan fingerprint density at radius 2 is 2.00 bits per heavy atom. The van der Waals surface area contributed by atoms with Crippen molar-refractivity contribution < 1.29 is 9.90 Å². The molecule has 1 aromatic heterocycles. The van der Waals surface area contributed by atoms with Crippen LogP contribution in [0.3, 0.4) is 0 Å². The maximum atomic E-state index is 10.9. The molecule has 1 unspecified atom stereocenters. The summed E-state index contributed by atoms with van der Waals surface area (Å²) in [5.41, 5.74) is 1.25. The van der Waals surface area contributed by atoms with Gasteiger partial charge in [0.1, 0.15) is 5.82 Å². The van der Waals surface area contributed by atoms with E-state index in [4.69, 9.17) is 5.11 Å². The summed E-state index contributed by atoms with van der Waals surface area (Å²) in [5.74, 6) is -0.105. The van der Waals surface area contributed by atoms with Gasteiger partial charge >= 0.3 is 5.97 Å². The molecule has 0 radical (unpaired) electrons. The lowest BCUT2D eigenvalue weighted by Gasteiger charge is -2.36. The molecule has 0 aliphatic heterocycles. The summed E-state index contributed by atoms with van der Waals surface area (Å²) in [7, 11) is 1.99. The van der Waals surface area contributed by atoms with Crippen molar-refractivity contribution in [2.24, 2.45) is 5.41 Å². The van der Waals surface area contributed by atoms with Crippen molar-refractivity contribution in [1.82, 2.24) is 4.98 Å². The summed E-state index contributed by atoms with van der Waals surface area (Å²) in [5, 5.41) is 8.92. The number of pyridine rings is 1. The fraction of sp³-hybridized carbons (Fsp3) is 0.571. The first kappa shape index (κ1) is 14.5. The van der Waals surface area contributed by atoms with E-state index >= 15 is 0 Å². The maximum Gasteiger partial charge on any atom is 0.337 e. The van der Waals surface area contributed by atoms with Crippen LogP contribution in [0.1, 0.15) is 43.6 Å². The smallest absolute Gasteiger partial charge is 0.337 e. The zero-order valence-electron chi connectivity index (χ0n) is 12.0. The lowest BCUT2D eigenvalue weighted by atomic mass is 9.87. The summed E-state index contributed by atoms with van der Waals surface area (Å²) >= 11 is 0. The van der Waals surface area contributed by atoms with E-state index in [1.807, 2.05) is 14.0 Å². The predicted molar refractivity (Wildman–Crippen MR) is 73.3 cm³/mol. The second-order valence-corrected chi connectivity index (χ2v) is 5.82. The van der Waals surface area contributed by atoms with Gasteiger partial charge in [0.25, 0.3) is 0 Å². The van der Waals surface area contributed by atoms with Crippen molar-refractivity contribution in [3.8, 4) is 0 Å². The second kappa shape index (κ2) is 4.96. The summed E-state index contributed by atoms with van der Waals surface area (Å²) in [6.07, 6.45) is 1.41. The SMILES string of the molecule is Cc1cc(C(=O)O)cnc1N(C)C(C)C(C)(C)C. The molecule has 0 saturated carbocycles. The van der Waals surface area contributed by atoms with E-state index in [1.54, 1.807) is 6.07 Å². The van der Waals surface area contributed by atoms with Gasteiger partial charge in [-0.1, -0.05) is 20.8 Å². The van der Waals surface area contributed by atoms with Gasteiger partial charge in [-0.3, -0.25) is 0 Å². The molecule has 18 heavy (non-hydrogen) atoms. The monoisotopic (exact) mass is 250 g/mol. The largest absolute Gasteiger partial charge is 0.478 e. The van der Waals surface area contributed by atoms with Crippen LogP contribution in [0.15, 0.2) is 12.3 Å². The van der Waals surface area contributed by atoms with Crippen LogP contribution < -0.4 is 4.90 Å². The highest BCUT2D eigenvalue weighted by molar-refractivity contribution is 5.87. The van der Waals surface area contributed by atoms with Crippen LogP contribution >= 0.6 is 0 Å². The van der Waals surface area contributed by atoms with Crippen molar-refractivity contribution in [1.29, 1.82) is 0 Å². The number of carboxylic acid groups (broad SMARTS) is 1. The molecule has 0 amide bonds. The van der Waals surface area contributed by atoms with E-state index in [9.17, 15) is 4.79 Å².